The predicted molar refractivity (Wildman–Crippen MR) is 91.6 cm³/mol. The van der Waals surface area contributed by atoms with Crippen LogP contribution in [0.25, 0.3) is 0 Å². The van der Waals surface area contributed by atoms with Crippen LogP contribution in [0.5, 0.6) is 0 Å². The molecule has 0 saturated carbocycles. The normalized spacial score (nSPS) is 18.6. The lowest BCUT2D eigenvalue weighted by atomic mass is 10.1. The second kappa shape index (κ2) is 9.72. The van der Waals surface area contributed by atoms with E-state index in [1.54, 1.807) is 0 Å². The zero-order valence-corrected chi connectivity index (χ0v) is 15.2. The molecule has 1 aromatic carbocycles. The number of alkyl halides is 3. The lowest BCUT2D eigenvalue weighted by Gasteiger charge is -2.28. The van der Waals surface area contributed by atoms with Crippen LogP contribution in [0.15, 0.2) is 24.3 Å². The summed E-state index contributed by atoms with van der Waals surface area (Å²) >= 11 is 0. The number of nitriles is 1. The molecule has 1 aromatic rings. The fourth-order valence-electron chi connectivity index (χ4n) is 2.85. The summed E-state index contributed by atoms with van der Waals surface area (Å²) in [4.78, 5) is 13.3. The van der Waals surface area contributed by atoms with E-state index >= 15 is 0 Å². The first-order chi connectivity index (χ1) is 12.8. The Hall–Kier alpha value is -2.11. The van der Waals surface area contributed by atoms with Crippen LogP contribution in [0.2, 0.25) is 0 Å². The zero-order valence-electron chi connectivity index (χ0n) is 15.2. The molecule has 27 heavy (non-hydrogen) atoms. The van der Waals surface area contributed by atoms with E-state index in [1.807, 2.05) is 6.07 Å². The number of benzene rings is 1. The largest absolute Gasteiger partial charge is 0.406 e. The fourth-order valence-corrected chi connectivity index (χ4v) is 2.85. The van der Waals surface area contributed by atoms with Gasteiger partial charge in [0.1, 0.15) is 12.6 Å². The summed E-state index contributed by atoms with van der Waals surface area (Å²) in [5.41, 5.74) is 0.908. The molecular formula is C19H23F3N2O3. The highest BCUT2D eigenvalue weighted by atomic mass is 19.4. The van der Waals surface area contributed by atoms with Gasteiger partial charge in [0, 0.05) is 13.2 Å². The quantitative estimate of drug-likeness (QED) is 0.723. The molecule has 8 heteroatoms. The molecular weight excluding hydrogens is 361 g/mol. The molecule has 148 valence electrons. The number of nitrogens with zero attached hydrogens (tertiary/aromatic N) is 2. The van der Waals surface area contributed by atoms with E-state index in [2.05, 4.69) is 0 Å². The number of hydrogen-bond donors (Lipinski definition) is 0. The summed E-state index contributed by atoms with van der Waals surface area (Å²) in [6, 6.07) is 8.03. The summed E-state index contributed by atoms with van der Waals surface area (Å²) in [6.45, 7) is 0.698. The smallest absolute Gasteiger partial charge is 0.376 e. The summed E-state index contributed by atoms with van der Waals surface area (Å²) in [7, 11) is 0. The standard InChI is InChI=1S/C19H23F3N2O3/c1-14(27-12-17-4-2-3-9-26-17)18(25)24(13-19(20,21)22)11-16-7-5-15(10-23)6-8-16/h5-8,14,17H,2-4,9,11-13H2,1H3. The van der Waals surface area contributed by atoms with Crippen molar-refractivity contribution in [3.05, 3.63) is 35.4 Å². The number of halogens is 3. The van der Waals surface area contributed by atoms with Gasteiger partial charge >= 0.3 is 6.18 Å². The van der Waals surface area contributed by atoms with Crippen LogP contribution < -0.4 is 0 Å². The Labute approximate surface area is 156 Å². The van der Waals surface area contributed by atoms with Crippen LogP contribution in [0, 0.1) is 11.3 Å². The van der Waals surface area contributed by atoms with Gasteiger partial charge in [0.25, 0.3) is 5.91 Å². The van der Waals surface area contributed by atoms with E-state index < -0.39 is 24.7 Å². The van der Waals surface area contributed by atoms with E-state index in [0.29, 0.717) is 17.7 Å². The van der Waals surface area contributed by atoms with Crippen LogP contribution in [0.1, 0.15) is 37.3 Å². The van der Waals surface area contributed by atoms with Gasteiger partial charge in [-0.25, -0.2) is 0 Å². The van der Waals surface area contributed by atoms with Gasteiger partial charge in [-0.3, -0.25) is 4.79 Å². The average molecular weight is 384 g/mol. The number of amides is 1. The molecule has 0 bridgehead atoms. The molecule has 1 saturated heterocycles. The van der Waals surface area contributed by atoms with Gasteiger partial charge in [-0.2, -0.15) is 18.4 Å². The highest BCUT2D eigenvalue weighted by Crippen LogP contribution is 2.20. The monoisotopic (exact) mass is 384 g/mol. The molecule has 1 aliphatic heterocycles. The van der Waals surface area contributed by atoms with Crippen molar-refractivity contribution in [2.24, 2.45) is 0 Å². The number of hydrogen-bond acceptors (Lipinski definition) is 4. The molecule has 0 N–H and O–H groups in total. The van der Waals surface area contributed by atoms with Crippen molar-refractivity contribution in [2.45, 2.75) is 51.1 Å². The van der Waals surface area contributed by atoms with Crippen LogP contribution >= 0.6 is 0 Å². The third kappa shape index (κ3) is 7.19. The highest BCUT2D eigenvalue weighted by Gasteiger charge is 2.35. The Morgan fingerprint density at radius 2 is 2.07 bits per heavy atom. The van der Waals surface area contributed by atoms with E-state index in [0.717, 1.165) is 24.2 Å². The van der Waals surface area contributed by atoms with Crippen LogP contribution in [-0.2, 0) is 20.8 Å². The molecule has 0 aromatic heterocycles. The molecule has 0 radical (unpaired) electrons. The minimum absolute atomic E-state index is 0.122. The van der Waals surface area contributed by atoms with Crippen LogP contribution in [0.4, 0.5) is 13.2 Å². The zero-order chi connectivity index (χ0) is 19.9. The van der Waals surface area contributed by atoms with Gasteiger partial charge < -0.3 is 14.4 Å². The van der Waals surface area contributed by atoms with Gasteiger partial charge in [-0.05, 0) is 43.9 Å². The summed E-state index contributed by atoms with van der Waals surface area (Å²) in [6.07, 6.45) is -2.84. The minimum Gasteiger partial charge on any atom is -0.376 e. The van der Waals surface area contributed by atoms with Gasteiger partial charge in [0.2, 0.25) is 0 Å². The van der Waals surface area contributed by atoms with Crippen molar-refractivity contribution in [3.63, 3.8) is 0 Å². The van der Waals surface area contributed by atoms with Gasteiger partial charge in [0.15, 0.2) is 0 Å². The Morgan fingerprint density at radius 1 is 1.37 bits per heavy atom. The summed E-state index contributed by atoms with van der Waals surface area (Å²) in [5, 5.41) is 8.80. The van der Waals surface area contributed by atoms with Crippen molar-refractivity contribution in [1.29, 1.82) is 5.26 Å². The Balaban J connectivity index is 1.99. The lowest BCUT2D eigenvalue weighted by Crippen LogP contribution is -2.44. The first kappa shape index (κ1) is 21.2. The maximum Gasteiger partial charge on any atom is 0.406 e. The fraction of sp³-hybridized carbons (Fsp3) is 0.579. The highest BCUT2D eigenvalue weighted by molar-refractivity contribution is 5.80. The molecule has 0 aliphatic carbocycles. The maximum atomic E-state index is 12.9. The van der Waals surface area contributed by atoms with Crippen molar-refractivity contribution in [3.8, 4) is 6.07 Å². The van der Waals surface area contributed by atoms with E-state index in [4.69, 9.17) is 14.7 Å². The lowest BCUT2D eigenvalue weighted by molar-refractivity contribution is -0.170. The molecule has 5 nitrogen and oxygen atoms in total. The Kier molecular flexibility index (Phi) is 7.63. The van der Waals surface area contributed by atoms with Gasteiger partial charge in [-0.1, -0.05) is 12.1 Å². The molecule has 1 amide bonds. The van der Waals surface area contributed by atoms with Crippen molar-refractivity contribution in [2.75, 3.05) is 19.8 Å². The second-order valence-electron chi connectivity index (χ2n) is 6.58. The minimum atomic E-state index is -4.52. The topological polar surface area (TPSA) is 62.6 Å². The summed E-state index contributed by atoms with van der Waals surface area (Å²) in [5.74, 6) is -0.729. The van der Waals surface area contributed by atoms with Crippen molar-refractivity contribution >= 4 is 5.91 Å². The first-order valence-corrected chi connectivity index (χ1v) is 8.86. The second-order valence-corrected chi connectivity index (χ2v) is 6.58. The Morgan fingerprint density at radius 3 is 2.63 bits per heavy atom. The number of carbonyl (C=O) groups is 1. The molecule has 2 atom stereocenters. The van der Waals surface area contributed by atoms with Crippen LogP contribution in [-0.4, -0.2) is 48.9 Å². The molecule has 2 rings (SSSR count). The average Bonchev–Trinajstić information content (AvgIpc) is 2.65. The SMILES string of the molecule is CC(OCC1CCCCO1)C(=O)N(Cc1ccc(C#N)cc1)CC(F)(F)F. The predicted octanol–water partition coefficient (Wildman–Crippen LogP) is 3.42. The maximum absolute atomic E-state index is 12.9. The Bertz CT molecular complexity index is 650. The third-order valence-electron chi connectivity index (χ3n) is 4.29. The van der Waals surface area contributed by atoms with E-state index in [-0.39, 0.29) is 19.3 Å². The van der Waals surface area contributed by atoms with Crippen molar-refractivity contribution < 1.29 is 27.4 Å². The van der Waals surface area contributed by atoms with Gasteiger partial charge in [0.05, 0.1) is 24.3 Å². The van der Waals surface area contributed by atoms with Crippen LogP contribution in [0.3, 0.4) is 0 Å². The molecule has 1 fully saturated rings. The molecule has 0 spiro atoms. The number of rotatable bonds is 7. The van der Waals surface area contributed by atoms with E-state index in [1.165, 1.54) is 31.2 Å². The third-order valence-corrected chi connectivity index (χ3v) is 4.29. The summed E-state index contributed by atoms with van der Waals surface area (Å²) < 4.78 is 49.8. The number of carbonyl (C=O) groups excluding carboxylic acids is 1. The first-order valence-electron chi connectivity index (χ1n) is 8.86. The molecule has 1 aliphatic rings. The number of ether oxygens (including phenoxy) is 2. The molecule has 2 unspecified atom stereocenters. The van der Waals surface area contributed by atoms with Crippen molar-refractivity contribution in [1.82, 2.24) is 4.90 Å². The van der Waals surface area contributed by atoms with Gasteiger partial charge in [-0.15, -0.1) is 0 Å². The molecule has 1 heterocycles. The van der Waals surface area contributed by atoms with E-state index in [9.17, 15) is 18.0 Å².